The number of halogens is 1. The number of carbonyl (C=O) groups excluding carboxylic acids is 3. The lowest BCUT2D eigenvalue weighted by atomic mass is 9.79. The molecule has 41 heavy (non-hydrogen) atoms. The molecule has 0 radical (unpaired) electrons. The zero-order valence-corrected chi connectivity index (χ0v) is 26.4. The number of ether oxygens (including phenoxy) is 1. The van der Waals surface area contributed by atoms with Crippen molar-refractivity contribution in [1.82, 2.24) is 10.3 Å². The number of fused-ring (bicyclic) bond motifs is 1. The average molecular weight is 584 g/mol. The van der Waals surface area contributed by atoms with Gasteiger partial charge in [-0.25, -0.2) is 0 Å². The molecule has 1 heterocycles. The van der Waals surface area contributed by atoms with Crippen LogP contribution < -0.4 is 11.1 Å². The van der Waals surface area contributed by atoms with Gasteiger partial charge in [0.1, 0.15) is 5.78 Å². The molecule has 0 saturated heterocycles. The predicted octanol–water partition coefficient (Wildman–Crippen LogP) is 6.45. The topological polar surface area (TPSA) is 111 Å². The SMILES string of the molecule is CC(=O)OCCC(C)(CCCNC(=O)CN)C(C)=O.CCc1cccc(C)c1Cl.Cc1ccc2cnc(C)cc2c1. The fourth-order valence-corrected chi connectivity index (χ4v) is 4.29. The minimum atomic E-state index is -0.525. The zero-order chi connectivity index (χ0) is 31.0. The maximum atomic E-state index is 11.7. The van der Waals surface area contributed by atoms with Crippen LogP contribution in [-0.4, -0.2) is 42.3 Å². The van der Waals surface area contributed by atoms with Gasteiger partial charge in [-0.1, -0.05) is 67.4 Å². The lowest BCUT2D eigenvalue weighted by molar-refractivity contribution is -0.143. The Morgan fingerprint density at radius 3 is 2.32 bits per heavy atom. The van der Waals surface area contributed by atoms with Crippen LogP contribution in [0.25, 0.3) is 10.8 Å². The van der Waals surface area contributed by atoms with E-state index in [9.17, 15) is 14.4 Å². The molecule has 1 unspecified atom stereocenters. The lowest BCUT2D eigenvalue weighted by Gasteiger charge is -2.26. The Bertz CT molecular complexity index is 1260. The number of amides is 1. The van der Waals surface area contributed by atoms with Gasteiger partial charge >= 0.3 is 5.97 Å². The number of carbonyl (C=O) groups is 3. The fraction of sp³-hybridized carbons (Fsp3) is 0.455. The Balaban J connectivity index is 0.000000326. The van der Waals surface area contributed by atoms with Gasteiger partial charge in [-0.05, 0) is 76.0 Å². The molecule has 8 heteroatoms. The molecule has 0 aliphatic carbocycles. The molecule has 7 nitrogen and oxygen atoms in total. The minimum absolute atomic E-state index is 0.0313. The van der Waals surface area contributed by atoms with E-state index in [1.165, 1.54) is 41.3 Å². The smallest absolute Gasteiger partial charge is 0.302 e. The van der Waals surface area contributed by atoms with Crippen LogP contribution in [0.1, 0.15) is 69.3 Å². The van der Waals surface area contributed by atoms with Crippen LogP contribution in [0.4, 0.5) is 0 Å². The number of rotatable bonds is 10. The van der Waals surface area contributed by atoms with E-state index in [2.05, 4.69) is 54.5 Å². The maximum absolute atomic E-state index is 11.7. The standard InChI is InChI=1S/C13H24N2O4.C11H11N.C9H11Cl/c1-10(16)13(3,6-8-19-11(2)17)5-4-7-15-12(18)9-14;1-8-3-4-10-7-12-9(2)6-11(10)5-8;1-3-8-6-4-5-7(2)9(8)10/h4-9,14H2,1-3H3,(H,15,18);3-7H,1-2H3;4-6H,3H2,1-2H3. The van der Waals surface area contributed by atoms with Crippen molar-refractivity contribution in [1.29, 1.82) is 0 Å². The first kappa shape index (κ1) is 35.7. The second-order valence-corrected chi connectivity index (χ2v) is 10.8. The van der Waals surface area contributed by atoms with Crippen LogP contribution in [0, 0.1) is 26.2 Å². The van der Waals surface area contributed by atoms with E-state index in [0.29, 0.717) is 25.8 Å². The summed E-state index contributed by atoms with van der Waals surface area (Å²) in [5, 5.41) is 6.07. The molecule has 1 amide bonds. The van der Waals surface area contributed by atoms with Crippen molar-refractivity contribution >= 4 is 40.0 Å². The van der Waals surface area contributed by atoms with Crippen LogP contribution in [0.15, 0.2) is 48.7 Å². The summed E-state index contributed by atoms with van der Waals surface area (Å²) in [7, 11) is 0. The first-order valence-electron chi connectivity index (χ1n) is 14.0. The number of benzene rings is 2. The van der Waals surface area contributed by atoms with Gasteiger partial charge in [-0.3, -0.25) is 19.4 Å². The highest BCUT2D eigenvalue weighted by molar-refractivity contribution is 6.32. The Hall–Kier alpha value is -3.29. The number of aromatic nitrogens is 1. The molecule has 0 fully saturated rings. The normalized spacial score (nSPS) is 11.7. The third-order valence-corrected chi connectivity index (χ3v) is 7.43. The van der Waals surface area contributed by atoms with Crippen LogP contribution in [0.3, 0.4) is 0 Å². The summed E-state index contributed by atoms with van der Waals surface area (Å²) in [5.74, 6) is -0.490. The number of Topliss-reactive ketones (excluding diaryl/α,β-unsaturated/α-hetero) is 1. The minimum Gasteiger partial charge on any atom is -0.466 e. The van der Waals surface area contributed by atoms with Gasteiger partial charge in [0.05, 0.1) is 13.2 Å². The van der Waals surface area contributed by atoms with E-state index >= 15 is 0 Å². The number of pyridine rings is 1. The summed E-state index contributed by atoms with van der Waals surface area (Å²) in [4.78, 5) is 37.6. The molecule has 1 atom stereocenters. The van der Waals surface area contributed by atoms with Crippen molar-refractivity contribution in [2.45, 2.75) is 74.1 Å². The molecule has 0 aliphatic heterocycles. The summed E-state index contributed by atoms with van der Waals surface area (Å²) in [6, 6.07) is 14.7. The third-order valence-electron chi connectivity index (χ3n) is 6.89. The van der Waals surface area contributed by atoms with Gasteiger partial charge in [0, 0.05) is 41.2 Å². The maximum Gasteiger partial charge on any atom is 0.302 e. The van der Waals surface area contributed by atoms with Crippen molar-refractivity contribution in [3.05, 3.63) is 76.1 Å². The third kappa shape index (κ3) is 13.3. The number of nitrogens with zero attached hydrogens (tertiary/aromatic N) is 1. The van der Waals surface area contributed by atoms with Crippen LogP contribution in [0.2, 0.25) is 5.02 Å². The van der Waals surface area contributed by atoms with Gasteiger partial charge in [-0.15, -0.1) is 0 Å². The number of ketones is 1. The van der Waals surface area contributed by atoms with E-state index in [0.717, 1.165) is 17.1 Å². The molecule has 3 rings (SSSR count). The number of aryl methyl sites for hydroxylation is 4. The first-order chi connectivity index (χ1) is 19.3. The van der Waals surface area contributed by atoms with Crippen LogP contribution in [0.5, 0.6) is 0 Å². The monoisotopic (exact) mass is 583 g/mol. The summed E-state index contributed by atoms with van der Waals surface area (Å²) >= 11 is 5.99. The molecule has 2 aromatic carbocycles. The van der Waals surface area contributed by atoms with Gasteiger partial charge < -0.3 is 15.8 Å². The van der Waals surface area contributed by atoms with E-state index in [4.69, 9.17) is 22.1 Å². The van der Waals surface area contributed by atoms with Gasteiger partial charge in [0.2, 0.25) is 5.91 Å². The number of esters is 1. The Morgan fingerprint density at radius 1 is 1.02 bits per heavy atom. The summed E-state index contributed by atoms with van der Waals surface area (Å²) in [5.41, 5.74) is 9.42. The Kier molecular flexibility index (Phi) is 15.9. The van der Waals surface area contributed by atoms with Crippen molar-refractivity contribution in [3.8, 4) is 0 Å². The highest BCUT2D eigenvalue weighted by Crippen LogP contribution is 2.28. The summed E-state index contributed by atoms with van der Waals surface area (Å²) in [6.45, 7) is 13.7. The largest absolute Gasteiger partial charge is 0.466 e. The summed E-state index contributed by atoms with van der Waals surface area (Å²) in [6.07, 6.45) is 4.74. The molecule has 3 N–H and O–H groups in total. The van der Waals surface area contributed by atoms with Crippen molar-refractivity contribution in [2.75, 3.05) is 19.7 Å². The highest BCUT2D eigenvalue weighted by atomic mass is 35.5. The van der Waals surface area contributed by atoms with E-state index in [1.54, 1.807) is 0 Å². The number of hydrogen-bond acceptors (Lipinski definition) is 6. The number of nitrogens with one attached hydrogen (secondary N) is 1. The fourth-order valence-electron chi connectivity index (χ4n) is 4.03. The zero-order valence-electron chi connectivity index (χ0n) is 25.6. The molecule has 0 spiro atoms. The van der Waals surface area contributed by atoms with Gasteiger partial charge in [-0.2, -0.15) is 0 Å². The number of hydrogen-bond donors (Lipinski definition) is 2. The van der Waals surface area contributed by atoms with Gasteiger partial charge in [0.25, 0.3) is 0 Å². The second kappa shape index (κ2) is 18.2. The number of nitrogens with two attached hydrogens (primary N) is 1. The summed E-state index contributed by atoms with van der Waals surface area (Å²) < 4.78 is 4.87. The quantitative estimate of drug-likeness (QED) is 0.209. The Labute approximate surface area is 250 Å². The molecular weight excluding hydrogens is 538 g/mol. The average Bonchev–Trinajstić information content (AvgIpc) is 2.92. The predicted molar refractivity (Wildman–Crippen MR) is 168 cm³/mol. The Morgan fingerprint density at radius 2 is 1.73 bits per heavy atom. The van der Waals surface area contributed by atoms with Crippen molar-refractivity contribution in [2.24, 2.45) is 11.1 Å². The van der Waals surface area contributed by atoms with Crippen LogP contribution in [-0.2, 0) is 25.5 Å². The van der Waals surface area contributed by atoms with Crippen LogP contribution >= 0.6 is 11.6 Å². The molecule has 224 valence electrons. The molecule has 3 aromatic rings. The van der Waals surface area contributed by atoms with Gasteiger partial charge in [0.15, 0.2) is 0 Å². The highest BCUT2D eigenvalue weighted by Gasteiger charge is 2.29. The van der Waals surface area contributed by atoms with Crippen molar-refractivity contribution < 1.29 is 19.1 Å². The van der Waals surface area contributed by atoms with E-state index < -0.39 is 5.41 Å². The lowest BCUT2D eigenvalue weighted by Crippen LogP contribution is -2.33. The van der Waals surface area contributed by atoms with Crippen molar-refractivity contribution in [3.63, 3.8) is 0 Å². The van der Waals surface area contributed by atoms with E-state index in [-0.39, 0.29) is 30.8 Å². The molecular formula is C33H46ClN3O4. The molecule has 0 aliphatic rings. The molecule has 0 saturated carbocycles. The molecule has 0 bridgehead atoms. The molecule has 1 aromatic heterocycles. The second-order valence-electron chi connectivity index (χ2n) is 10.4. The first-order valence-corrected chi connectivity index (χ1v) is 14.4. The van der Waals surface area contributed by atoms with E-state index in [1.807, 2.05) is 39.1 Å².